The lowest BCUT2D eigenvalue weighted by molar-refractivity contribution is -0.498. The Morgan fingerprint density at radius 3 is 2.54 bits per heavy atom. The molecule has 8 nitrogen and oxygen atoms in total. The number of pyridine rings is 2. The van der Waals surface area contributed by atoms with Crippen LogP contribution in [-0.2, 0) is 5.54 Å². The SMILES string of the molecule is NC1(c2ccc(-n3nc(-c4cn5ccncc5n4)[n+]4ccc5ncc(-c6ccccc6)cc5c34)cc2)CCC1. The lowest BCUT2D eigenvalue weighted by atomic mass is 9.73. The van der Waals surface area contributed by atoms with Gasteiger partial charge in [-0.05, 0) is 54.7 Å². The summed E-state index contributed by atoms with van der Waals surface area (Å²) in [6.45, 7) is 0. The van der Waals surface area contributed by atoms with Crippen molar-refractivity contribution in [3.8, 4) is 28.3 Å². The van der Waals surface area contributed by atoms with Crippen LogP contribution in [0.15, 0.2) is 104 Å². The van der Waals surface area contributed by atoms with Crippen molar-refractivity contribution in [2.75, 3.05) is 0 Å². The quantitative estimate of drug-likeness (QED) is 0.342. The Kier molecular flexibility index (Phi) is 4.68. The molecular formula is C31H25N8+. The van der Waals surface area contributed by atoms with Gasteiger partial charge in [0.2, 0.25) is 0 Å². The minimum atomic E-state index is -0.212. The zero-order valence-corrected chi connectivity index (χ0v) is 21.1. The molecule has 0 bridgehead atoms. The van der Waals surface area contributed by atoms with Crippen LogP contribution in [0.2, 0.25) is 0 Å². The van der Waals surface area contributed by atoms with E-state index in [1.165, 1.54) is 12.0 Å². The molecule has 1 saturated carbocycles. The third-order valence-corrected chi connectivity index (χ3v) is 7.93. The summed E-state index contributed by atoms with van der Waals surface area (Å²) in [6, 6.07) is 23.0. The van der Waals surface area contributed by atoms with Gasteiger partial charge < -0.3 is 10.1 Å². The van der Waals surface area contributed by atoms with E-state index in [2.05, 4.69) is 51.8 Å². The Hall–Kier alpha value is -4.95. The second-order valence-electron chi connectivity index (χ2n) is 10.3. The topological polar surface area (TPSA) is 91.0 Å². The summed E-state index contributed by atoms with van der Waals surface area (Å²) in [6.07, 6.45) is 14.6. The number of rotatable bonds is 4. The van der Waals surface area contributed by atoms with E-state index < -0.39 is 0 Å². The van der Waals surface area contributed by atoms with Crippen molar-refractivity contribution in [3.63, 3.8) is 0 Å². The molecule has 5 heterocycles. The molecular weight excluding hydrogens is 484 g/mol. The molecule has 1 fully saturated rings. The van der Waals surface area contributed by atoms with E-state index >= 15 is 0 Å². The number of fused-ring (bicyclic) bond motifs is 4. The van der Waals surface area contributed by atoms with Crippen LogP contribution in [0, 0.1) is 0 Å². The molecule has 2 aromatic carbocycles. The average Bonchev–Trinajstić information content (AvgIpc) is 3.58. The predicted molar refractivity (Wildman–Crippen MR) is 149 cm³/mol. The van der Waals surface area contributed by atoms with Gasteiger partial charge in [0.25, 0.3) is 5.65 Å². The minimum absolute atomic E-state index is 0.212. The first kappa shape index (κ1) is 22.1. The Morgan fingerprint density at radius 2 is 1.77 bits per heavy atom. The summed E-state index contributed by atoms with van der Waals surface area (Å²) in [5.41, 5.74) is 14.0. The molecule has 7 aromatic rings. The maximum atomic E-state index is 6.62. The van der Waals surface area contributed by atoms with Crippen LogP contribution in [0.3, 0.4) is 0 Å². The number of hydrogen-bond donors (Lipinski definition) is 1. The van der Waals surface area contributed by atoms with E-state index in [0.717, 1.165) is 63.4 Å². The highest BCUT2D eigenvalue weighted by atomic mass is 15.4. The van der Waals surface area contributed by atoms with Gasteiger partial charge in [-0.1, -0.05) is 47.1 Å². The smallest absolute Gasteiger partial charge is 0.321 e. The highest BCUT2D eigenvalue weighted by molar-refractivity contribution is 5.93. The van der Waals surface area contributed by atoms with E-state index in [1.807, 2.05) is 58.1 Å². The predicted octanol–water partition coefficient (Wildman–Crippen LogP) is 4.87. The second-order valence-corrected chi connectivity index (χ2v) is 10.3. The van der Waals surface area contributed by atoms with Gasteiger partial charge in [-0.25, -0.2) is 4.98 Å². The van der Waals surface area contributed by atoms with Gasteiger partial charge in [-0.15, -0.1) is 0 Å². The minimum Gasteiger partial charge on any atom is -0.321 e. The number of nitrogens with two attached hydrogens (primary N) is 1. The molecule has 0 unspecified atom stereocenters. The van der Waals surface area contributed by atoms with Crippen LogP contribution in [0.25, 0.3) is 50.5 Å². The number of aromatic nitrogens is 7. The van der Waals surface area contributed by atoms with Crippen LogP contribution in [-0.4, -0.2) is 29.1 Å². The van der Waals surface area contributed by atoms with Gasteiger partial charge >= 0.3 is 5.82 Å². The fraction of sp³-hybridized carbons (Fsp3) is 0.129. The third-order valence-electron chi connectivity index (χ3n) is 7.93. The number of nitrogens with zero attached hydrogens (tertiary/aromatic N) is 7. The van der Waals surface area contributed by atoms with Gasteiger partial charge in [0.15, 0.2) is 11.3 Å². The molecule has 8 heteroatoms. The third kappa shape index (κ3) is 3.45. The lowest BCUT2D eigenvalue weighted by Crippen LogP contribution is -2.43. The van der Waals surface area contributed by atoms with Crippen LogP contribution < -0.4 is 10.1 Å². The fourth-order valence-electron chi connectivity index (χ4n) is 5.58. The summed E-state index contributed by atoms with van der Waals surface area (Å²) in [5.74, 6) is 0.735. The van der Waals surface area contributed by atoms with Crippen LogP contribution in [0.5, 0.6) is 0 Å². The summed E-state index contributed by atoms with van der Waals surface area (Å²) < 4.78 is 6.04. The first-order valence-electron chi connectivity index (χ1n) is 13.1. The van der Waals surface area contributed by atoms with Crippen LogP contribution in [0.4, 0.5) is 0 Å². The molecule has 188 valence electrons. The number of hydrogen-bond acceptors (Lipinski definition) is 5. The molecule has 0 saturated heterocycles. The molecule has 5 aromatic heterocycles. The molecule has 8 rings (SSSR count). The van der Waals surface area contributed by atoms with E-state index in [9.17, 15) is 0 Å². The first-order valence-corrected chi connectivity index (χ1v) is 13.1. The molecule has 1 aliphatic rings. The fourth-order valence-corrected chi connectivity index (χ4v) is 5.58. The van der Waals surface area contributed by atoms with Crippen molar-refractivity contribution in [1.82, 2.24) is 29.1 Å². The van der Waals surface area contributed by atoms with E-state index in [-0.39, 0.29) is 5.54 Å². The zero-order valence-electron chi connectivity index (χ0n) is 21.1. The Labute approximate surface area is 224 Å². The number of imidazole rings is 1. The monoisotopic (exact) mass is 509 g/mol. The van der Waals surface area contributed by atoms with Gasteiger partial charge in [0, 0.05) is 35.9 Å². The van der Waals surface area contributed by atoms with Crippen molar-refractivity contribution in [1.29, 1.82) is 0 Å². The summed E-state index contributed by atoms with van der Waals surface area (Å²) in [5, 5.41) is 6.13. The van der Waals surface area contributed by atoms with Crippen LogP contribution >= 0.6 is 0 Å². The van der Waals surface area contributed by atoms with Crippen molar-refractivity contribution in [3.05, 3.63) is 109 Å². The van der Waals surface area contributed by atoms with Crippen LogP contribution in [0.1, 0.15) is 24.8 Å². The Balaban J connectivity index is 1.39. The number of benzene rings is 2. The second kappa shape index (κ2) is 8.28. The molecule has 0 amide bonds. The van der Waals surface area contributed by atoms with Gasteiger partial charge in [0.05, 0.1) is 28.4 Å². The van der Waals surface area contributed by atoms with Crippen molar-refractivity contribution in [2.45, 2.75) is 24.8 Å². The molecule has 0 atom stereocenters. The van der Waals surface area contributed by atoms with E-state index in [0.29, 0.717) is 0 Å². The molecule has 0 aliphatic heterocycles. The van der Waals surface area contributed by atoms with Crippen molar-refractivity contribution >= 4 is 22.2 Å². The van der Waals surface area contributed by atoms with Gasteiger partial charge in [0.1, 0.15) is 5.69 Å². The standard InChI is InChI=1S/C31H25N8/c32-31(12-4-13-31)23-7-9-24(10-8-23)39-30-25-17-22(21-5-2-1-3-6-21)18-34-26(25)11-15-38(30)29(36-39)27-20-37-16-14-33-19-28(37)35-27/h1-3,5-11,14-20H,4,12-13,32H2/q+1. The molecule has 1 aliphatic carbocycles. The Morgan fingerprint density at radius 1 is 0.923 bits per heavy atom. The molecule has 2 N–H and O–H groups in total. The van der Waals surface area contributed by atoms with Crippen molar-refractivity contribution in [2.24, 2.45) is 5.73 Å². The summed E-state index contributed by atoms with van der Waals surface area (Å²) in [7, 11) is 0. The Bertz CT molecular complexity index is 1970. The molecule has 0 spiro atoms. The van der Waals surface area contributed by atoms with Crippen molar-refractivity contribution < 1.29 is 4.40 Å². The summed E-state index contributed by atoms with van der Waals surface area (Å²) in [4.78, 5) is 13.9. The largest absolute Gasteiger partial charge is 0.334 e. The maximum absolute atomic E-state index is 6.62. The average molecular weight is 510 g/mol. The highest BCUT2D eigenvalue weighted by Crippen LogP contribution is 2.39. The maximum Gasteiger partial charge on any atom is 0.334 e. The molecule has 39 heavy (non-hydrogen) atoms. The zero-order chi connectivity index (χ0) is 26.0. The first-order chi connectivity index (χ1) is 19.2. The van der Waals surface area contributed by atoms with Gasteiger partial charge in [-0.2, -0.15) is 4.40 Å². The lowest BCUT2D eigenvalue weighted by Gasteiger charge is -2.38. The molecule has 0 radical (unpaired) electrons. The normalized spacial score (nSPS) is 14.7. The summed E-state index contributed by atoms with van der Waals surface area (Å²) >= 11 is 0. The van der Waals surface area contributed by atoms with Gasteiger partial charge in [-0.3, -0.25) is 9.97 Å². The highest BCUT2D eigenvalue weighted by Gasteiger charge is 2.34. The van der Waals surface area contributed by atoms with E-state index in [1.54, 1.807) is 12.4 Å². The van der Waals surface area contributed by atoms with E-state index in [4.69, 9.17) is 20.8 Å².